The van der Waals surface area contributed by atoms with E-state index in [1.54, 1.807) is 18.4 Å². The van der Waals surface area contributed by atoms with E-state index in [9.17, 15) is 0 Å². The lowest BCUT2D eigenvalue weighted by Gasteiger charge is -2.20. The summed E-state index contributed by atoms with van der Waals surface area (Å²) in [6.07, 6.45) is 0. The molecule has 9 heteroatoms. The van der Waals surface area contributed by atoms with Gasteiger partial charge in [-0.15, -0.1) is 35.3 Å². The molecule has 0 fully saturated rings. The van der Waals surface area contributed by atoms with Crippen molar-refractivity contribution < 1.29 is 9.47 Å². The van der Waals surface area contributed by atoms with Gasteiger partial charge in [-0.25, -0.2) is 4.98 Å². The molecule has 0 amide bonds. The van der Waals surface area contributed by atoms with Gasteiger partial charge in [-0.3, -0.25) is 4.99 Å². The molecule has 2 heterocycles. The van der Waals surface area contributed by atoms with Crippen molar-refractivity contribution in [3.05, 3.63) is 38.8 Å². The van der Waals surface area contributed by atoms with E-state index in [4.69, 9.17) is 21.1 Å². The molecule has 3 rings (SSSR count). The molecule has 0 unspecified atom stereocenters. The predicted octanol–water partition coefficient (Wildman–Crippen LogP) is 4.17. The largest absolute Gasteiger partial charge is 0.486 e. The molecule has 0 aliphatic carbocycles. The van der Waals surface area contributed by atoms with Gasteiger partial charge in [0.2, 0.25) is 0 Å². The average molecular weight is 523 g/mol. The Morgan fingerprint density at radius 2 is 2.00 bits per heavy atom. The van der Waals surface area contributed by atoms with Crippen LogP contribution in [-0.4, -0.2) is 31.2 Å². The summed E-state index contributed by atoms with van der Waals surface area (Å²) in [5, 5.41) is 10.3. The van der Waals surface area contributed by atoms with E-state index >= 15 is 0 Å². The molecule has 0 saturated heterocycles. The number of aromatic nitrogens is 1. The van der Waals surface area contributed by atoms with Crippen molar-refractivity contribution in [2.75, 3.05) is 20.3 Å². The zero-order valence-corrected chi connectivity index (χ0v) is 19.4. The summed E-state index contributed by atoms with van der Waals surface area (Å²) < 4.78 is 11.2. The second-order valence-electron chi connectivity index (χ2n) is 6.20. The fourth-order valence-corrected chi connectivity index (χ4v) is 3.69. The molecule has 0 saturated carbocycles. The average Bonchev–Trinajstić information content (AvgIpc) is 3.11. The topological polar surface area (TPSA) is 67.8 Å². The van der Waals surface area contributed by atoms with Crippen LogP contribution >= 0.6 is 46.9 Å². The van der Waals surface area contributed by atoms with Crippen molar-refractivity contribution in [3.63, 3.8) is 0 Å². The standard InChI is InChI=1S/C18H23ClN4O2S.HI/c1-11(2)14-10-26-16(23-14)9-22-18(20-3)21-8-12-6-13(19)17-15(7-12)24-4-5-25-17;/h6-7,10-11H,4-5,8-9H2,1-3H3,(H2,20,21,22);1H. The summed E-state index contributed by atoms with van der Waals surface area (Å²) in [4.78, 5) is 8.87. The van der Waals surface area contributed by atoms with Crippen molar-refractivity contribution in [2.24, 2.45) is 4.99 Å². The number of rotatable bonds is 5. The van der Waals surface area contributed by atoms with Crippen LogP contribution < -0.4 is 20.1 Å². The third kappa shape index (κ3) is 5.86. The van der Waals surface area contributed by atoms with Gasteiger partial charge in [0.05, 0.1) is 17.3 Å². The molecule has 0 atom stereocenters. The lowest BCUT2D eigenvalue weighted by Crippen LogP contribution is -2.36. The molecule has 0 bridgehead atoms. The van der Waals surface area contributed by atoms with Gasteiger partial charge in [0.15, 0.2) is 17.5 Å². The minimum absolute atomic E-state index is 0. The number of hydrogen-bond donors (Lipinski definition) is 2. The van der Waals surface area contributed by atoms with Crippen molar-refractivity contribution in [3.8, 4) is 11.5 Å². The molecule has 2 aromatic rings. The molecular formula is C18H24ClIN4O2S. The maximum absolute atomic E-state index is 6.28. The molecule has 6 nitrogen and oxygen atoms in total. The SMILES string of the molecule is CN=C(NCc1cc(Cl)c2c(c1)OCCO2)NCc1nc(C(C)C)cs1.I. The van der Waals surface area contributed by atoms with Crippen molar-refractivity contribution in [1.82, 2.24) is 15.6 Å². The summed E-state index contributed by atoms with van der Waals surface area (Å²) in [6, 6.07) is 3.82. The van der Waals surface area contributed by atoms with Gasteiger partial charge >= 0.3 is 0 Å². The molecule has 1 aromatic carbocycles. The van der Waals surface area contributed by atoms with Crippen LogP contribution in [0.25, 0.3) is 0 Å². The Hall–Kier alpha value is -1.26. The van der Waals surface area contributed by atoms with Gasteiger partial charge in [-0.1, -0.05) is 25.4 Å². The molecular weight excluding hydrogens is 499 g/mol. The molecule has 0 radical (unpaired) electrons. The van der Waals surface area contributed by atoms with Crippen molar-refractivity contribution in [2.45, 2.75) is 32.9 Å². The fourth-order valence-electron chi connectivity index (χ4n) is 2.50. The highest BCUT2D eigenvalue weighted by Crippen LogP contribution is 2.38. The van der Waals surface area contributed by atoms with Crippen LogP contribution in [0.4, 0.5) is 0 Å². The summed E-state index contributed by atoms with van der Waals surface area (Å²) in [7, 11) is 1.74. The third-order valence-electron chi connectivity index (χ3n) is 3.91. The maximum atomic E-state index is 6.28. The van der Waals surface area contributed by atoms with E-state index in [-0.39, 0.29) is 24.0 Å². The second-order valence-corrected chi connectivity index (χ2v) is 7.55. The summed E-state index contributed by atoms with van der Waals surface area (Å²) in [5.74, 6) is 2.45. The van der Waals surface area contributed by atoms with Gasteiger partial charge in [0.1, 0.15) is 18.2 Å². The maximum Gasteiger partial charge on any atom is 0.191 e. The van der Waals surface area contributed by atoms with Gasteiger partial charge in [0.25, 0.3) is 0 Å². The van der Waals surface area contributed by atoms with Crippen LogP contribution in [-0.2, 0) is 13.1 Å². The number of hydrogen-bond acceptors (Lipinski definition) is 5. The molecule has 0 spiro atoms. The first kappa shape index (κ1) is 22.0. The van der Waals surface area contributed by atoms with Crippen LogP contribution in [0.2, 0.25) is 5.02 Å². The van der Waals surface area contributed by atoms with E-state index in [0.717, 1.165) is 16.3 Å². The third-order valence-corrected chi connectivity index (χ3v) is 5.06. The Morgan fingerprint density at radius 1 is 1.26 bits per heavy atom. The summed E-state index contributed by atoms with van der Waals surface area (Å²) in [6.45, 7) is 6.56. The summed E-state index contributed by atoms with van der Waals surface area (Å²) in [5.41, 5.74) is 2.12. The normalized spacial score (nSPS) is 13.3. The zero-order chi connectivity index (χ0) is 18.5. The number of fused-ring (bicyclic) bond motifs is 1. The first-order valence-corrected chi connectivity index (χ1v) is 9.79. The number of thiazole rings is 1. The van der Waals surface area contributed by atoms with E-state index in [1.807, 2.05) is 12.1 Å². The second kappa shape index (κ2) is 10.3. The number of nitrogens with zero attached hydrogens (tertiary/aromatic N) is 2. The van der Waals surface area contributed by atoms with Crippen LogP contribution in [0.1, 0.15) is 36.0 Å². The fraction of sp³-hybridized carbons (Fsp3) is 0.444. The summed E-state index contributed by atoms with van der Waals surface area (Å²) >= 11 is 7.94. The molecule has 148 valence electrons. The number of nitrogens with one attached hydrogen (secondary N) is 2. The van der Waals surface area contributed by atoms with Crippen molar-refractivity contribution in [1.29, 1.82) is 0 Å². The number of aliphatic imine (C=N–C) groups is 1. The lowest BCUT2D eigenvalue weighted by molar-refractivity contribution is 0.171. The first-order valence-electron chi connectivity index (χ1n) is 8.53. The van der Waals surface area contributed by atoms with Crippen LogP contribution in [0, 0.1) is 0 Å². The zero-order valence-electron chi connectivity index (χ0n) is 15.5. The Labute approximate surface area is 185 Å². The smallest absolute Gasteiger partial charge is 0.191 e. The predicted molar refractivity (Wildman–Crippen MR) is 121 cm³/mol. The molecule has 27 heavy (non-hydrogen) atoms. The highest BCUT2D eigenvalue weighted by molar-refractivity contribution is 14.0. The van der Waals surface area contributed by atoms with Crippen LogP contribution in [0.3, 0.4) is 0 Å². The highest BCUT2D eigenvalue weighted by Gasteiger charge is 2.16. The van der Waals surface area contributed by atoms with E-state index in [1.165, 1.54) is 0 Å². The Balaban J connectivity index is 0.00000261. The minimum Gasteiger partial charge on any atom is -0.486 e. The van der Waals surface area contributed by atoms with Gasteiger partial charge in [-0.05, 0) is 23.6 Å². The Kier molecular flexibility index (Phi) is 8.43. The van der Waals surface area contributed by atoms with E-state index in [0.29, 0.717) is 54.7 Å². The first-order chi connectivity index (χ1) is 12.6. The quantitative estimate of drug-likeness (QED) is 0.350. The van der Waals surface area contributed by atoms with Gasteiger partial charge in [-0.2, -0.15) is 0 Å². The molecule has 1 aromatic heterocycles. The van der Waals surface area contributed by atoms with E-state index in [2.05, 4.69) is 39.8 Å². The number of halogens is 2. The Morgan fingerprint density at radius 3 is 2.70 bits per heavy atom. The van der Waals surface area contributed by atoms with Crippen LogP contribution in [0.15, 0.2) is 22.5 Å². The van der Waals surface area contributed by atoms with Crippen molar-refractivity contribution >= 4 is 52.9 Å². The van der Waals surface area contributed by atoms with Gasteiger partial charge in [0, 0.05) is 19.0 Å². The number of ether oxygens (including phenoxy) is 2. The number of guanidine groups is 1. The van der Waals surface area contributed by atoms with Crippen LogP contribution in [0.5, 0.6) is 11.5 Å². The number of benzene rings is 1. The lowest BCUT2D eigenvalue weighted by atomic mass is 10.2. The monoisotopic (exact) mass is 522 g/mol. The van der Waals surface area contributed by atoms with Gasteiger partial charge < -0.3 is 20.1 Å². The van der Waals surface area contributed by atoms with E-state index < -0.39 is 0 Å². The molecule has 1 aliphatic heterocycles. The highest BCUT2D eigenvalue weighted by atomic mass is 127. The molecule has 2 N–H and O–H groups in total. The Bertz CT molecular complexity index is 798. The molecule has 1 aliphatic rings. The minimum atomic E-state index is 0.